The molecule has 0 bridgehead atoms. The highest BCUT2D eigenvalue weighted by Crippen LogP contribution is 2.43. The van der Waals surface area contributed by atoms with Crippen LogP contribution in [-0.2, 0) is 0 Å². The van der Waals surface area contributed by atoms with Crippen molar-refractivity contribution in [2.24, 2.45) is 0 Å². The lowest BCUT2D eigenvalue weighted by atomic mass is 9.88. The third-order valence-corrected chi connectivity index (χ3v) is 8.20. The summed E-state index contributed by atoms with van der Waals surface area (Å²) in [5.74, 6) is 1.70. The Bertz CT molecular complexity index is 541. The number of rotatable bonds is 3. The van der Waals surface area contributed by atoms with Gasteiger partial charge in [-0.05, 0) is 61.8 Å². The smallest absolute Gasteiger partial charge is 0.0445 e. The topological polar surface area (TPSA) is 0 Å². The maximum absolute atomic E-state index is 2.41. The molecule has 0 aromatic carbocycles. The Hall–Kier alpha value is -0.600. The summed E-state index contributed by atoms with van der Waals surface area (Å²) in [6.07, 6.45) is 14.3. The van der Waals surface area contributed by atoms with Gasteiger partial charge in [-0.25, -0.2) is 0 Å². The summed E-state index contributed by atoms with van der Waals surface area (Å²) in [5.41, 5.74) is 0. The van der Waals surface area contributed by atoms with E-state index in [1.807, 2.05) is 0 Å². The van der Waals surface area contributed by atoms with E-state index in [4.69, 9.17) is 0 Å². The highest BCUT2D eigenvalue weighted by molar-refractivity contribution is 7.22. The zero-order valence-electron chi connectivity index (χ0n) is 13.4. The maximum Gasteiger partial charge on any atom is 0.0445 e. The minimum absolute atomic E-state index is 0.852. The van der Waals surface area contributed by atoms with Crippen molar-refractivity contribution in [2.75, 3.05) is 0 Å². The summed E-state index contributed by atoms with van der Waals surface area (Å²) < 4.78 is 0. The minimum Gasteiger partial charge on any atom is -0.139 e. The van der Waals surface area contributed by atoms with Gasteiger partial charge in [0.25, 0.3) is 0 Å². The Morgan fingerprint density at radius 1 is 0.545 bits per heavy atom. The molecule has 2 heterocycles. The average molecular weight is 331 g/mol. The predicted octanol–water partition coefficient (Wildman–Crippen LogP) is 7.57. The monoisotopic (exact) mass is 330 g/mol. The van der Waals surface area contributed by atoms with E-state index >= 15 is 0 Å². The Morgan fingerprint density at radius 3 is 1.36 bits per heavy atom. The lowest BCUT2D eigenvalue weighted by Crippen LogP contribution is -2.02. The first-order valence-electron chi connectivity index (χ1n) is 9.10. The van der Waals surface area contributed by atoms with Gasteiger partial charge in [0.1, 0.15) is 0 Å². The summed E-state index contributed by atoms with van der Waals surface area (Å²) in [7, 11) is 0. The molecular weight excluding hydrogens is 304 g/mol. The fourth-order valence-electron chi connectivity index (χ4n) is 4.18. The highest BCUT2D eigenvalue weighted by Gasteiger charge is 2.20. The van der Waals surface area contributed by atoms with Crippen molar-refractivity contribution < 1.29 is 0 Å². The predicted molar refractivity (Wildman–Crippen MR) is 99.3 cm³/mol. The number of hydrogen-bond acceptors (Lipinski definition) is 2. The van der Waals surface area contributed by atoms with Crippen LogP contribution in [0.3, 0.4) is 0 Å². The molecule has 2 aliphatic carbocycles. The molecule has 2 aromatic heterocycles. The second-order valence-electron chi connectivity index (χ2n) is 7.07. The van der Waals surface area contributed by atoms with Crippen LogP contribution in [0.2, 0.25) is 0 Å². The lowest BCUT2D eigenvalue weighted by molar-refractivity contribution is 0.448. The van der Waals surface area contributed by atoms with Crippen LogP contribution < -0.4 is 0 Å². The third kappa shape index (κ3) is 3.19. The van der Waals surface area contributed by atoms with Crippen molar-refractivity contribution in [3.05, 3.63) is 34.0 Å². The molecule has 2 saturated carbocycles. The fraction of sp³-hybridized carbons (Fsp3) is 0.600. The van der Waals surface area contributed by atoms with E-state index in [-0.39, 0.29) is 0 Å². The van der Waals surface area contributed by atoms with Crippen LogP contribution in [0.1, 0.15) is 85.8 Å². The molecule has 0 unspecified atom stereocenters. The molecule has 2 aromatic rings. The van der Waals surface area contributed by atoms with E-state index in [0.717, 1.165) is 11.8 Å². The van der Waals surface area contributed by atoms with Crippen molar-refractivity contribution in [3.63, 3.8) is 0 Å². The normalized spacial score (nSPS) is 21.3. The zero-order valence-corrected chi connectivity index (χ0v) is 15.0. The first kappa shape index (κ1) is 15.0. The molecule has 4 rings (SSSR count). The van der Waals surface area contributed by atoms with Gasteiger partial charge in [-0.3, -0.25) is 0 Å². The first-order chi connectivity index (χ1) is 10.9. The largest absolute Gasteiger partial charge is 0.139 e. The SMILES string of the molecule is c1cc(C2CCCCC2)sc1-c1ccc(C2CCCCC2)s1. The van der Waals surface area contributed by atoms with Crippen LogP contribution in [-0.4, -0.2) is 0 Å². The molecule has 118 valence electrons. The molecule has 2 fully saturated rings. The molecule has 2 heteroatoms. The molecule has 0 atom stereocenters. The second-order valence-corrected chi connectivity index (χ2v) is 9.30. The van der Waals surface area contributed by atoms with E-state index < -0.39 is 0 Å². The van der Waals surface area contributed by atoms with Gasteiger partial charge in [0.15, 0.2) is 0 Å². The number of thiophene rings is 2. The quantitative estimate of drug-likeness (QED) is 0.544. The van der Waals surface area contributed by atoms with Gasteiger partial charge < -0.3 is 0 Å². The van der Waals surface area contributed by atoms with E-state index in [1.54, 1.807) is 9.75 Å². The summed E-state index contributed by atoms with van der Waals surface area (Å²) in [4.78, 5) is 6.30. The van der Waals surface area contributed by atoms with Crippen LogP contribution in [0.25, 0.3) is 9.75 Å². The molecule has 0 N–H and O–H groups in total. The maximum atomic E-state index is 2.41. The van der Waals surface area contributed by atoms with E-state index in [2.05, 4.69) is 46.9 Å². The standard InChI is InChI=1S/C20H26S2/c1-3-7-15(8-4-1)17-11-13-19(21-17)20-14-12-18(22-20)16-9-5-2-6-10-16/h11-16H,1-10H2. The van der Waals surface area contributed by atoms with Crippen molar-refractivity contribution in [1.82, 2.24) is 0 Å². The van der Waals surface area contributed by atoms with Gasteiger partial charge in [0.05, 0.1) is 0 Å². The van der Waals surface area contributed by atoms with Gasteiger partial charge in [0.2, 0.25) is 0 Å². The molecule has 2 aliphatic rings. The molecule has 0 saturated heterocycles. The van der Waals surface area contributed by atoms with Gasteiger partial charge in [-0.15, -0.1) is 22.7 Å². The average Bonchev–Trinajstić information content (AvgIpc) is 3.26. The Kier molecular flexibility index (Phi) is 4.68. The molecule has 0 aliphatic heterocycles. The van der Waals surface area contributed by atoms with Crippen LogP contribution >= 0.6 is 22.7 Å². The Labute approximate surface area is 142 Å². The van der Waals surface area contributed by atoms with Crippen LogP contribution in [0.15, 0.2) is 24.3 Å². The Balaban J connectivity index is 1.50. The van der Waals surface area contributed by atoms with Crippen molar-refractivity contribution in [2.45, 2.75) is 76.0 Å². The van der Waals surface area contributed by atoms with Crippen LogP contribution in [0.4, 0.5) is 0 Å². The molecular formula is C20H26S2. The highest BCUT2D eigenvalue weighted by atomic mass is 32.1. The fourth-order valence-corrected chi connectivity index (χ4v) is 6.63. The molecule has 0 nitrogen and oxygen atoms in total. The number of hydrogen-bond donors (Lipinski definition) is 0. The summed E-state index contributed by atoms with van der Waals surface area (Å²) >= 11 is 4.13. The summed E-state index contributed by atoms with van der Waals surface area (Å²) in [6, 6.07) is 9.59. The van der Waals surface area contributed by atoms with Crippen LogP contribution in [0.5, 0.6) is 0 Å². The van der Waals surface area contributed by atoms with Crippen molar-refractivity contribution >= 4 is 22.7 Å². The van der Waals surface area contributed by atoms with E-state index in [1.165, 1.54) is 74.0 Å². The van der Waals surface area contributed by atoms with E-state index in [0.29, 0.717) is 0 Å². The van der Waals surface area contributed by atoms with Gasteiger partial charge >= 0.3 is 0 Å². The van der Waals surface area contributed by atoms with Crippen LogP contribution in [0, 0.1) is 0 Å². The van der Waals surface area contributed by atoms with Crippen molar-refractivity contribution in [3.8, 4) is 9.75 Å². The molecule has 0 amide bonds. The van der Waals surface area contributed by atoms with E-state index in [9.17, 15) is 0 Å². The van der Waals surface area contributed by atoms with Gasteiger partial charge in [0, 0.05) is 19.5 Å². The summed E-state index contributed by atoms with van der Waals surface area (Å²) in [5, 5.41) is 0. The molecule has 0 spiro atoms. The Morgan fingerprint density at radius 2 is 0.955 bits per heavy atom. The van der Waals surface area contributed by atoms with Gasteiger partial charge in [-0.1, -0.05) is 38.5 Å². The first-order valence-corrected chi connectivity index (χ1v) is 10.7. The minimum atomic E-state index is 0.852. The third-order valence-electron chi connectivity index (χ3n) is 5.51. The summed E-state index contributed by atoms with van der Waals surface area (Å²) in [6.45, 7) is 0. The molecule has 0 radical (unpaired) electrons. The molecule has 22 heavy (non-hydrogen) atoms. The van der Waals surface area contributed by atoms with Crippen molar-refractivity contribution in [1.29, 1.82) is 0 Å². The lowest BCUT2D eigenvalue weighted by Gasteiger charge is -2.20. The van der Waals surface area contributed by atoms with Gasteiger partial charge in [-0.2, -0.15) is 0 Å². The zero-order chi connectivity index (χ0) is 14.8. The second kappa shape index (κ2) is 6.88.